The Morgan fingerprint density at radius 2 is 1.61 bits per heavy atom. The summed E-state index contributed by atoms with van der Waals surface area (Å²) in [5.74, 6) is -0.286. The van der Waals surface area contributed by atoms with Crippen LogP contribution in [0.1, 0.15) is 34.5 Å². The molecule has 0 N–H and O–H groups in total. The summed E-state index contributed by atoms with van der Waals surface area (Å²) in [6.45, 7) is 3.91. The number of hydrogen-bond donors (Lipinski definition) is 0. The van der Waals surface area contributed by atoms with Crippen LogP contribution in [0.25, 0.3) is 0 Å². The molecule has 0 unspecified atom stereocenters. The third kappa shape index (κ3) is 2.77. The normalized spacial score (nSPS) is 11.9. The quantitative estimate of drug-likeness (QED) is 0.760. The highest BCUT2D eigenvalue weighted by Crippen LogP contribution is 2.21. The van der Waals surface area contributed by atoms with E-state index >= 15 is 0 Å². The molecule has 0 heterocycles. The lowest BCUT2D eigenvalue weighted by Gasteiger charge is -2.15. The molecule has 0 amide bonds. The topological polar surface area (TPSA) is 26.3 Å². The van der Waals surface area contributed by atoms with E-state index < -0.39 is 0 Å². The van der Waals surface area contributed by atoms with Gasteiger partial charge in [-0.1, -0.05) is 42.5 Å². The number of carbonyl (C=O) groups excluding carboxylic acids is 1. The van der Waals surface area contributed by atoms with Crippen molar-refractivity contribution >= 4 is 5.97 Å². The molecule has 0 fully saturated rings. The largest absolute Gasteiger partial charge is 0.454 e. The van der Waals surface area contributed by atoms with E-state index in [9.17, 15) is 4.79 Å². The molecular weight excluding hydrogens is 224 g/mol. The van der Waals surface area contributed by atoms with Crippen LogP contribution in [0.15, 0.2) is 54.6 Å². The molecule has 2 rings (SSSR count). The first kappa shape index (κ1) is 12.4. The summed E-state index contributed by atoms with van der Waals surface area (Å²) < 4.78 is 5.46. The van der Waals surface area contributed by atoms with E-state index in [4.69, 9.17) is 4.74 Å². The lowest BCUT2D eigenvalue weighted by Crippen LogP contribution is -2.10. The summed E-state index contributed by atoms with van der Waals surface area (Å²) in [6, 6.07) is 17.0. The highest BCUT2D eigenvalue weighted by atomic mass is 16.5. The second-order valence-corrected chi connectivity index (χ2v) is 4.27. The maximum Gasteiger partial charge on any atom is 0.338 e. The van der Waals surface area contributed by atoms with E-state index in [2.05, 4.69) is 0 Å². The molecular formula is C16H16O2. The number of benzene rings is 2. The van der Waals surface area contributed by atoms with E-state index in [0.29, 0.717) is 5.56 Å². The Morgan fingerprint density at radius 3 is 2.28 bits per heavy atom. The number of ether oxygens (including phenoxy) is 1. The summed E-state index contributed by atoms with van der Waals surface area (Å²) >= 11 is 0. The molecule has 0 radical (unpaired) electrons. The Bertz CT molecular complexity index is 532. The van der Waals surface area contributed by atoms with Gasteiger partial charge in [0.05, 0.1) is 5.56 Å². The molecule has 0 saturated carbocycles. The maximum atomic E-state index is 11.9. The van der Waals surface area contributed by atoms with Crippen LogP contribution >= 0.6 is 0 Å². The highest BCUT2D eigenvalue weighted by Gasteiger charge is 2.14. The van der Waals surface area contributed by atoms with Crippen LogP contribution in [0.2, 0.25) is 0 Å². The monoisotopic (exact) mass is 240 g/mol. The Balaban J connectivity index is 2.11. The first-order valence-electron chi connectivity index (χ1n) is 6.00. The van der Waals surface area contributed by atoms with Gasteiger partial charge in [0.25, 0.3) is 0 Å². The Morgan fingerprint density at radius 1 is 1.00 bits per heavy atom. The van der Waals surface area contributed by atoms with Gasteiger partial charge in [-0.25, -0.2) is 4.79 Å². The van der Waals surface area contributed by atoms with Crippen molar-refractivity contribution in [1.29, 1.82) is 0 Å². The van der Waals surface area contributed by atoms with Crippen molar-refractivity contribution in [3.63, 3.8) is 0 Å². The zero-order valence-electron chi connectivity index (χ0n) is 10.6. The van der Waals surface area contributed by atoms with Gasteiger partial charge in [0.1, 0.15) is 6.10 Å². The van der Waals surface area contributed by atoms with Crippen LogP contribution in [-0.2, 0) is 4.74 Å². The molecule has 0 aliphatic rings. The predicted molar refractivity (Wildman–Crippen MR) is 71.5 cm³/mol. The van der Waals surface area contributed by atoms with Crippen LogP contribution in [0.3, 0.4) is 0 Å². The lowest BCUT2D eigenvalue weighted by molar-refractivity contribution is 0.0337. The smallest absolute Gasteiger partial charge is 0.338 e. The summed E-state index contributed by atoms with van der Waals surface area (Å²) in [5, 5.41) is 0. The fraction of sp³-hybridized carbons (Fsp3) is 0.188. The molecule has 2 aromatic carbocycles. The number of hydrogen-bond acceptors (Lipinski definition) is 2. The Labute approximate surface area is 107 Å². The third-order valence-electron chi connectivity index (χ3n) is 2.92. The molecule has 2 heteroatoms. The standard InChI is InChI=1S/C16H16O2/c1-12-8-6-7-11-15(12)13(2)18-16(17)14-9-4-3-5-10-14/h3-11,13H,1-2H3/t13-/m0/s1. The number of aryl methyl sites for hydroxylation is 1. The van der Waals surface area contributed by atoms with E-state index in [1.807, 2.05) is 56.3 Å². The average molecular weight is 240 g/mol. The van der Waals surface area contributed by atoms with Crippen LogP contribution in [-0.4, -0.2) is 5.97 Å². The van der Waals surface area contributed by atoms with Gasteiger partial charge in [0.15, 0.2) is 0 Å². The van der Waals surface area contributed by atoms with E-state index in [-0.39, 0.29) is 12.1 Å². The second-order valence-electron chi connectivity index (χ2n) is 4.27. The van der Waals surface area contributed by atoms with Crippen molar-refractivity contribution in [1.82, 2.24) is 0 Å². The summed E-state index contributed by atoms with van der Waals surface area (Å²) in [5.41, 5.74) is 2.76. The highest BCUT2D eigenvalue weighted by molar-refractivity contribution is 5.89. The lowest BCUT2D eigenvalue weighted by atomic mass is 10.0. The second kappa shape index (κ2) is 5.50. The van der Waals surface area contributed by atoms with E-state index in [1.54, 1.807) is 12.1 Å². The van der Waals surface area contributed by atoms with Crippen molar-refractivity contribution < 1.29 is 9.53 Å². The van der Waals surface area contributed by atoms with Crippen LogP contribution in [0.5, 0.6) is 0 Å². The minimum atomic E-state index is -0.286. The molecule has 0 aliphatic carbocycles. The fourth-order valence-corrected chi connectivity index (χ4v) is 1.91. The SMILES string of the molecule is Cc1ccccc1[C@H](C)OC(=O)c1ccccc1. The van der Waals surface area contributed by atoms with Crippen molar-refractivity contribution in [3.05, 3.63) is 71.3 Å². The summed E-state index contributed by atoms with van der Waals surface area (Å²) in [7, 11) is 0. The van der Waals surface area contributed by atoms with Crippen molar-refractivity contribution in [2.45, 2.75) is 20.0 Å². The van der Waals surface area contributed by atoms with Crippen LogP contribution in [0.4, 0.5) is 0 Å². The van der Waals surface area contributed by atoms with Gasteiger partial charge in [-0.2, -0.15) is 0 Å². The number of carbonyl (C=O) groups is 1. The summed E-state index contributed by atoms with van der Waals surface area (Å²) in [6.07, 6.45) is -0.237. The van der Waals surface area contributed by atoms with Crippen molar-refractivity contribution in [2.75, 3.05) is 0 Å². The van der Waals surface area contributed by atoms with Gasteiger partial charge in [0, 0.05) is 0 Å². The average Bonchev–Trinajstić information content (AvgIpc) is 2.40. The van der Waals surface area contributed by atoms with Crippen LogP contribution < -0.4 is 0 Å². The van der Waals surface area contributed by atoms with Gasteiger partial charge in [-0.15, -0.1) is 0 Å². The summed E-state index contributed by atoms with van der Waals surface area (Å²) in [4.78, 5) is 11.9. The van der Waals surface area contributed by atoms with Gasteiger partial charge in [0.2, 0.25) is 0 Å². The maximum absolute atomic E-state index is 11.9. The van der Waals surface area contributed by atoms with Gasteiger partial charge < -0.3 is 4.74 Å². The Hall–Kier alpha value is -2.09. The molecule has 0 aliphatic heterocycles. The fourth-order valence-electron chi connectivity index (χ4n) is 1.91. The molecule has 18 heavy (non-hydrogen) atoms. The molecule has 2 aromatic rings. The number of esters is 1. The van der Waals surface area contributed by atoms with Crippen molar-refractivity contribution in [3.8, 4) is 0 Å². The molecule has 0 bridgehead atoms. The van der Waals surface area contributed by atoms with Gasteiger partial charge in [-0.05, 0) is 37.1 Å². The van der Waals surface area contributed by atoms with Gasteiger partial charge in [-0.3, -0.25) is 0 Å². The number of rotatable bonds is 3. The third-order valence-corrected chi connectivity index (χ3v) is 2.92. The molecule has 0 spiro atoms. The molecule has 0 saturated heterocycles. The van der Waals surface area contributed by atoms with Gasteiger partial charge >= 0.3 is 5.97 Å². The Kier molecular flexibility index (Phi) is 3.78. The minimum Gasteiger partial charge on any atom is -0.454 e. The minimum absolute atomic E-state index is 0.237. The molecule has 0 aromatic heterocycles. The predicted octanol–water partition coefficient (Wildman–Crippen LogP) is 3.91. The molecule has 2 nitrogen and oxygen atoms in total. The van der Waals surface area contributed by atoms with E-state index in [0.717, 1.165) is 11.1 Å². The zero-order valence-corrected chi connectivity index (χ0v) is 10.6. The molecule has 1 atom stereocenters. The first-order valence-corrected chi connectivity index (χ1v) is 6.00. The molecule has 92 valence electrons. The van der Waals surface area contributed by atoms with E-state index in [1.165, 1.54) is 0 Å². The first-order chi connectivity index (χ1) is 8.68. The van der Waals surface area contributed by atoms with Crippen LogP contribution in [0, 0.1) is 6.92 Å². The zero-order chi connectivity index (χ0) is 13.0. The van der Waals surface area contributed by atoms with Crippen molar-refractivity contribution in [2.24, 2.45) is 0 Å².